The van der Waals surface area contributed by atoms with Crippen molar-refractivity contribution in [1.29, 1.82) is 0 Å². The van der Waals surface area contributed by atoms with Gasteiger partial charge in [-0.05, 0) is 29.8 Å². The summed E-state index contributed by atoms with van der Waals surface area (Å²) < 4.78 is 5.75. The smallest absolute Gasteiger partial charge is 0.288 e. The van der Waals surface area contributed by atoms with Crippen LogP contribution in [0.3, 0.4) is 0 Å². The van der Waals surface area contributed by atoms with Gasteiger partial charge in [0.25, 0.3) is 11.8 Å². The van der Waals surface area contributed by atoms with Crippen LogP contribution in [-0.2, 0) is 6.61 Å². The van der Waals surface area contributed by atoms with Gasteiger partial charge < -0.3 is 4.74 Å². The highest BCUT2D eigenvalue weighted by Crippen LogP contribution is 2.19. The predicted molar refractivity (Wildman–Crippen MR) is 96.4 cm³/mol. The number of pyridine rings is 1. The van der Waals surface area contributed by atoms with E-state index in [2.05, 4.69) is 15.8 Å². The molecule has 0 fully saturated rings. The third-order valence-electron chi connectivity index (χ3n) is 3.56. The minimum atomic E-state index is -0.498. The highest BCUT2D eigenvalue weighted by atomic mass is 16.5. The van der Waals surface area contributed by atoms with Crippen molar-refractivity contribution < 1.29 is 14.3 Å². The van der Waals surface area contributed by atoms with Gasteiger partial charge in [0.1, 0.15) is 18.1 Å². The van der Waals surface area contributed by atoms with E-state index < -0.39 is 11.8 Å². The molecule has 2 aromatic carbocycles. The van der Waals surface area contributed by atoms with Gasteiger partial charge in [0.15, 0.2) is 0 Å². The van der Waals surface area contributed by atoms with E-state index in [-0.39, 0.29) is 5.69 Å². The second kappa shape index (κ2) is 8.43. The average Bonchev–Trinajstić information content (AvgIpc) is 2.72. The summed E-state index contributed by atoms with van der Waals surface area (Å²) >= 11 is 0. The molecule has 0 radical (unpaired) electrons. The SMILES string of the molecule is O=C(NNC(=O)c1ccccc1OCc1ccccc1)c1ccccn1. The maximum absolute atomic E-state index is 12.4. The predicted octanol–water partition coefficient (Wildman–Crippen LogP) is 2.74. The molecule has 26 heavy (non-hydrogen) atoms. The van der Waals surface area contributed by atoms with E-state index in [1.165, 1.54) is 6.20 Å². The van der Waals surface area contributed by atoms with Gasteiger partial charge in [0.2, 0.25) is 0 Å². The molecule has 0 bridgehead atoms. The number of aromatic nitrogens is 1. The summed E-state index contributed by atoms with van der Waals surface area (Å²) in [6.45, 7) is 0.339. The van der Waals surface area contributed by atoms with Crippen LogP contribution in [0, 0.1) is 0 Å². The molecule has 130 valence electrons. The van der Waals surface area contributed by atoms with Gasteiger partial charge in [-0.1, -0.05) is 48.5 Å². The first-order valence-electron chi connectivity index (χ1n) is 8.01. The van der Waals surface area contributed by atoms with Crippen molar-refractivity contribution >= 4 is 11.8 Å². The Hall–Kier alpha value is -3.67. The second-order valence-electron chi connectivity index (χ2n) is 5.39. The number of hydrogen-bond donors (Lipinski definition) is 2. The fourth-order valence-corrected chi connectivity index (χ4v) is 2.26. The summed E-state index contributed by atoms with van der Waals surface area (Å²) in [5.74, 6) is -0.541. The van der Waals surface area contributed by atoms with Crippen molar-refractivity contribution in [3.8, 4) is 5.75 Å². The minimum Gasteiger partial charge on any atom is -0.488 e. The number of hydrazine groups is 1. The lowest BCUT2D eigenvalue weighted by molar-refractivity contribution is 0.0841. The fourth-order valence-electron chi connectivity index (χ4n) is 2.26. The summed E-state index contributed by atoms with van der Waals surface area (Å²) in [5, 5.41) is 0. The summed E-state index contributed by atoms with van der Waals surface area (Å²) in [7, 11) is 0. The molecule has 1 aromatic heterocycles. The van der Waals surface area contributed by atoms with Crippen LogP contribution in [-0.4, -0.2) is 16.8 Å². The van der Waals surface area contributed by atoms with Crippen LogP contribution >= 0.6 is 0 Å². The van der Waals surface area contributed by atoms with Crippen LogP contribution in [0.25, 0.3) is 0 Å². The molecule has 0 unspecified atom stereocenters. The van der Waals surface area contributed by atoms with E-state index in [9.17, 15) is 9.59 Å². The number of carbonyl (C=O) groups is 2. The summed E-state index contributed by atoms with van der Waals surface area (Å²) in [6.07, 6.45) is 1.50. The number of para-hydroxylation sites is 1. The van der Waals surface area contributed by atoms with Gasteiger partial charge in [0, 0.05) is 6.20 Å². The number of hydrogen-bond acceptors (Lipinski definition) is 4. The van der Waals surface area contributed by atoms with Gasteiger partial charge in [0.05, 0.1) is 5.56 Å². The third-order valence-corrected chi connectivity index (χ3v) is 3.56. The fraction of sp³-hybridized carbons (Fsp3) is 0.0500. The molecule has 0 aliphatic rings. The number of nitrogens with one attached hydrogen (secondary N) is 2. The maximum Gasteiger partial charge on any atom is 0.288 e. The average molecular weight is 347 g/mol. The van der Waals surface area contributed by atoms with Crippen molar-refractivity contribution in [3.05, 3.63) is 95.8 Å². The monoisotopic (exact) mass is 347 g/mol. The summed E-state index contributed by atoms with van der Waals surface area (Å²) in [6, 6.07) is 21.4. The number of nitrogens with zero attached hydrogens (tertiary/aromatic N) is 1. The zero-order valence-electron chi connectivity index (χ0n) is 13.9. The Labute approximate surface area is 150 Å². The lowest BCUT2D eigenvalue weighted by Crippen LogP contribution is -2.42. The van der Waals surface area contributed by atoms with E-state index in [4.69, 9.17) is 4.74 Å². The van der Waals surface area contributed by atoms with Gasteiger partial charge >= 0.3 is 0 Å². The van der Waals surface area contributed by atoms with Crippen LogP contribution in [0.1, 0.15) is 26.4 Å². The lowest BCUT2D eigenvalue weighted by Gasteiger charge is -2.12. The summed E-state index contributed by atoms with van der Waals surface area (Å²) in [5.41, 5.74) is 6.24. The molecule has 6 heteroatoms. The highest BCUT2D eigenvalue weighted by Gasteiger charge is 2.14. The van der Waals surface area contributed by atoms with Crippen LogP contribution in [0.4, 0.5) is 0 Å². The zero-order chi connectivity index (χ0) is 18.2. The molecular formula is C20H17N3O3. The van der Waals surface area contributed by atoms with Gasteiger partial charge in [-0.2, -0.15) is 0 Å². The number of amides is 2. The zero-order valence-corrected chi connectivity index (χ0v) is 13.9. The Morgan fingerprint density at radius 1 is 0.808 bits per heavy atom. The van der Waals surface area contributed by atoms with Crippen molar-refractivity contribution in [3.63, 3.8) is 0 Å². The Morgan fingerprint density at radius 2 is 1.50 bits per heavy atom. The van der Waals surface area contributed by atoms with Crippen LogP contribution < -0.4 is 15.6 Å². The molecule has 3 rings (SSSR count). The number of ether oxygens (including phenoxy) is 1. The Balaban J connectivity index is 1.63. The van der Waals surface area contributed by atoms with E-state index in [1.807, 2.05) is 30.3 Å². The van der Waals surface area contributed by atoms with Crippen molar-refractivity contribution in [2.75, 3.05) is 0 Å². The standard InChI is InChI=1S/C20H17N3O3/c24-19(22-23-20(25)17-11-6-7-13-21-17)16-10-4-5-12-18(16)26-14-15-8-2-1-3-9-15/h1-13H,14H2,(H,22,24)(H,23,25). The minimum absolute atomic E-state index is 0.210. The molecule has 2 N–H and O–H groups in total. The molecule has 0 aliphatic carbocycles. The van der Waals surface area contributed by atoms with Crippen LogP contribution in [0.15, 0.2) is 79.0 Å². The first-order valence-corrected chi connectivity index (χ1v) is 8.01. The highest BCUT2D eigenvalue weighted by molar-refractivity contribution is 5.99. The number of rotatable bonds is 5. The van der Waals surface area contributed by atoms with Gasteiger partial charge in [-0.15, -0.1) is 0 Å². The lowest BCUT2D eigenvalue weighted by atomic mass is 10.2. The molecular weight excluding hydrogens is 330 g/mol. The molecule has 6 nitrogen and oxygen atoms in total. The Bertz CT molecular complexity index is 883. The molecule has 0 aliphatic heterocycles. The summed E-state index contributed by atoms with van der Waals surface area (Å²) in [4.78, 5) is 28.3. The van der Waals surface area contributed by atoms with Gasteiger partial charge in [-0.3, -0.25) is 25.4 Å². The molecule has 1 heterocycles. The van der Waals surface area contributed by atoms with E-state index in [0.29, 0.717) is 17.9 Å². The van der Waals surface area contributed by atoms with E-state index >= 15 is 0 Å². The van der Waals surface area contributed by atoms with E-state index in [0.717, 1.165) is 5.56 Å². The van der Waals surface area contributed by atoms with Crippen molar-refractivity contribution in [1.82, 2.24) is 15.8 Å². The van der Waals surface area contributed by atoms with Crippen molar-refractivity contribution in [2.45, 2.75) is 6.61 Å². The van der Waals surface area contributed by atoms with Crippen molar-refractivity contribution in [2.24, 2.45) is 0 Å². The number of carbonyl (C=O) groups excluding carboxylic acids is 2. The Morgan fingerprint density at radius 3 is 2.27 bits per heavy atom. The molecule has 2 amide bonds. The second-order valence-corrected chi connectivity index (χ2v) is 5.39. The quantitative estimate of drug-likeness (QED) is 0.696. The maximum atomic E-state index is 12.4. The molecule has 0 saturated heterocycles. The Kier molecular flexibility index (Phi) is 5.57. The molecule has 0 atom stereocenters. The topological polar surface area (TPSA) is 80.3 Å². The van der Waals surface area contributed by atoms with Crippen LogP contribution in [0.5, 0.6) is 5.75 Å². The number of benzene rings is 2. The molecule has 0 spiro atoms. The first kappa shape index (κ1) is 17.2. The normalized spacial score (nSPS) is 10.0. The largest absolute Gasteiger partial charge is 0.488 e. The van der Waals surface area contributed by atoms with Gasteiger partial charge in [-0.25, -0.2) is 0 Å². The van der Waals surface area contributed by atoms with Crippen LogP contribution in [0.2, 0.25) is 0 Å². The first-order chi connectivity index (χ1) is 12.7. The molecule has 3 aromatic rings. The molecule has 0 saturated carbocycles. The van der Waals surface area contributed by atoms with E-state index in [1.54, 1.807) is 42.5 Å². The third kappa shape index (κ3) is 4.45.